The van der Waals surface area contributed by atoms with E-state index in [1.165, 1.54) is 38.3 Å². The Bertz CT molecular complexity index is 840. The fraction of sp³-hybridized carbons (Fsp3) is 0.400. The molecule has 1 aliphatic rings. The lowest BCUT2D eigenvalue weighted by atomic mass is 10.1. The molecule has 3 aromatic rings. The van der Waals surface area contributed by atoms with Gasteiger partial charge in [-0.3, -0.25) is 0 Å². The third-order valence-corrected chi connectivity index (χ3v) is 17.0. The average Bonchev–Trinajstić information content (AvgIpc) is 2.86. The first-order valence-corrected chi connectivity index (χ1v) is 17.8. The first-order valence-electron chi connectivity index (χ1n) is 12.7. The monoisotopic (exact) mass is 586 g/mol. The first kappa shape index (κ1) is 26.6. The van der Waals surface area contributed by atoms with Gasteiger partial charge in [-0.2, -0.15) is 0 Å². The molecule has 0 unspecified atom stereocenters. The van der Waals surface area contributed by atoms with Crippen molar-refractivity contribution in [3.63, 3.8) is 0 Å². The van der Waals surface area contributed by atoms with Gasteiger partial charge in [0.25, 0.3) is 0 Å². The summed E-state index contributed by atoms with van der Waals surface area (Å²) in [5, 5.41) is 4.64. The maximum atomic E-state index is 2.70. The van der Waals surface area contributed by atoms with Gasteiger partial charge in [0, 0.05) is 0 Å². The second-order valence-electron chi connectivity index (χ2n) is 10.2. The smallest absolute Gasteiger partial charge is 0.112 e. The molecule has 1 aliphatic heterocycles. The summed E-state index contributed by atoms with van der Waals surface area (Å²) in [7, 11) is -2.69. The Morgan fingerprint density at radius 2 is 1.12 bits per heavy atom. The van der Waals surface area contributed by atoms with Crippen LogP contribution in [0, 0.1) is 5.92 Å². The highest BCUT2D eigenvalue weighted by atomic mass is 127. The van der Waals surface area contributed by atoms with Crippen molar-refractivity contribution in [2.24, 2.45) is 5.92 Å². The number of hydrogen-bond acceptors (Lipinski definition) is 0. The summed E-state index contributed by atoms with van der Waals surface area (Å²) in [6.07, 6.45) is 8.47. The highest BCUT2D eigenvalue weighted by molar-refractivity contribution is 7.95. The highest BCUT2D eigenvalue weighted by Crippen LogP contribution is 2.58. The molecule has 0 saturated carbocycles. The van der Waals surface area contributed by atoms with Crippen molar-refractivity contribution in [3.05, 3.63) is 91.0 Å². The molecule has 1 heterocycles. The maximum Gasteiger partial charge on any atom is 0.112 e. The standard InChI is InChI=1S/C30H40PSi.HI/c1-3-4-14-23-32(2)24-21-27(22-25-32)26-31(28-15-8-5-9-16-28,29-17-10-6-11-18-29)30-19-12-7-13-20-30;/h5-13,15-20,27H,3-4,14,21-26H2,1-2H3;1H/q+1;/p-1. The molecule has 176 valence electrons. The van der Waals surface area contributed by atoms with Crippen LogP contribution in [0.1, 0.15) is 39.0 Å². The topological polar surface area (TPSA) is 0 Å². The Morgan fingerprint density at radius 3 is 1.52 bits per heavy atom. The maximum absolute atomic E-state index is 2.70. The van der Waals surface area contributed by atoms with E-state index >= 15 is 0 Å². The highest BCUT2D eigenvalue weighted by Gasteiger charge is 2.48. The zero-order chi connectivity index (χ0) is 22.3. The average molecular weight is 587 g/mol. The van der Waals surface area contributed by atoms with E-state index in [9.17, 15) is 0 Å². The van der Waals surface area contributed by atoms with Crippen molar-refractivity contribution in [1.29, 1.82) is 0 Å². The Hall–Kier alpha value is -0.963. The minimum Gasteiger partial charge on any atom is -1.00 e. The summed E-state index contributed by atoms with van der Waals surface area (Å²) in [5.41, 5.74) is 0. The molecular weight excluding hydrogens is 546 g/mol. The van der Waals surface area contributed by atoms with Gasteiger partial charge in [-0.1, -0.05) is 105 Å². The lowest BCUT2D eigenvalue weighted by Gasteiger charge is -2.38. The van der Waals surface area contributed by atoms with Crippen LogP contribution < -0.4 is 39.9 Å². The van der Waals surface area contributed by atoms with Crippen LogP contribution in [-0.4, -0.2) is 14.2 Å². The molecule has 3 aromatic carbocycles. The van der Waals surface area contributed by atoms with Gasteiger partial charge in [-0.25, -0.2) is 0 Å². The van der Waals surface area contributed by atoms with Gasteiger partial charge < -0.3 is 24.0 Å². The van der Waals surface area contributed by atoms with Crippen molar-refractivity contribution in [2.75, 3.05) is 6.16 Å². The van der Waals surface area contributed by atoms with E-state index in [1.54, 1.807) is 34.0 Å². The zero-order valence-electron chi connectivity index (χ0n) is 20.4. The third kappa shape index (κ3) is 6.38. The fourth-order valence-corrected chi connectivity index (χ4v) is 14.6. The van der Waals surface area contributed by atoms with Crippen LogP contribution in [0.5, 0.6) is 0 Å². The fourth-order valence-electron chi connectivity index (χ4n) is 5.81. The summed E-state index contributed by atoms with van der Waals surface area (Å²) >= 11 is 0. The molecule has 33 heavy (non-hydrogen) atoms. The molecule has 1 fully saturated rings. The van der Waals surface area contributed by atoms with Gasteiger partial charge in [-0.05, 0) is 55.2 Å². The molecule has 0 spiro atoms. The Kier molecular flexibility index (Phi) is 10.2. The molecular formula is C30H40IPSi. The van der Waals surface area contributed by atoms with Crippen LogP contribution in [0.2, 0.25) is 24.7 Å². The Labute approximate surface area is 221 Å². The second kappa shape index (κ2) is 12.7. The van der Waals surface area contributed by atoms with E-state index in [0.29, 0.717) is 0 Å². The summed E-state index contributed by atoms with van der Waals surface area (Å²) in [6, 6.07) is 39.0. The van der Waals surface area contributed by atoms with Crippen LogP contribution in [-0.2, 0) is 0 Å². The van der Waals surface area contributed by atoms with Gasteiger partial charge in [0.15, 0.2) is 0 Å². The molecule has 0 aliphatic carbocycles. The molecule has 0 N–H and O–H groups in total. The van der Waals surface area contributed by atoms with Crippen LogP contribution >= 0.6 is 7.26 Å². The number of halogens is 1. The minimum atomic E-state index is -1.67. The van der Waals surface area contributed by atoms with E-state index in [4.69, 9.17) is 0 Å². The molecule has 0 atom stereocenters. The van der Waals surface area contributed by atoms with Gasteiger partial charge in [0.2, 0.25) is 0 Å². The van der Waals surface area contributed by atoms with Crippen LogP contribution in [0.15, 0.2) is 91.0 Å². The largest absolute Gasteiger partial charge is 1.00 e. The molecule has 0 bridgehead atoms. The van der Waals surface area contributed by atoms with Gasteiger partial charge in [-0.15, -0.1) is 0 Å². The lowest BCUT2D eigenvalue weighted by Crippen LogP contribution is -3.00. The lowest BCUT2D eigenvalue weighted by molar-refractivity contribution is -0.00000661. The van der Waals surface area contributed by atoms with Crippen LogP contribution in [0.4, 0.5) is 0 Å². The van der Waals surface area contributed by atoms with Crippen molar-refractivity contribution in [3.8, 4) is 0 Å². The SMILES string of the molecule is CCCCC[Si]1(C)CCC(C[P+](c2ccccc2)(c2ccccc2)c2ccccc2)CC1.[I-]. The third-order valence-electron chi connectivity index (χ3n) is 7.82. The molecule has 0 aromatic heterocycles. The van der Waals surface area contributed by atoms with Gasteiger partial charge in [0.1, 0.15) is 23.2 Å². The predicted octanol–water partition coefficient (Wildman–Crippen LogP) is 4.66. The van der Waals surface area contributed by atoms with E-state index < -0.39 is 15.3 Å². The number of hydrogen-bond donors (Lipinski definition) is 0. The van der Waals surface area contributed by atoms with E-state index in [2.05, 4.69) is 104 Å². The molecule has 0 amide bonds. The molecule has 4 rings (SSSR count). The molecule has 0 nitrogen and oxygen atoms in total. The van der Waals surface area contributed by atoms with Crippen LogP contribution in [0.25, 0.3) is 0 Å². The van der Waals surface area contributed by atoms with Crippen LogP contribution in [0.3, 0.4) is 0 Å². The zero-order valence-corrected chi connectivity index (χ0v) is 24.5. The van der Waals surface area contributed by atoms with Crippen molar-refractivity contribution in [2.45, 2.75) is 63.7 Å². The summed E-state index contributed by atoms with van der Waals surface area (Å²) in [5.74, 6) is 0.843. The van der Waals surface area contributed by atoms with E-state index in [0.717, 1.165) is 5.92 Å². The summed E-state index contributed by atoms with van der Waals surface area (Å²) in [4.78, 5) is 0. The van der Waals surface area contributed by atoms with Gasteiger partial charge >= 0.3 is 0 Å². The van der Waals surface area contributed by atoms with Crippen molar-refractivity contribution in [1.82, 2.24) is 0 Å². The number of unbranched alkanes of at least 4 members (excludes halogenated alkanes) is 2. The van der Waals surface area contributed by atoms with Crippen molar-refractivity contribution >= 4 is 31.2 Å². The first-order chi connectivity index (χ1) is 15.7. The summed E-state index contributed by atoms with van der Waals surface area (Å²) < 4.78 is 0. The molecule has 0 radical (unpaired) electrons. The molecule has 3 heteroatoms. The number of rotatable bonds is 9. The quantitative estimate of drug-likeness (QED) is 0.148. The Morgan fingerprint density at radius 1 is 0.697 bits per heavy atom. The second-order valence-corrected chi connectivity index (χ2v) is 18.9. The normalized spacial score (nSPS) is 20.7. The van der Waals surface area contributed by atoms with E-state index in [-0.39, 0.29) is 24.0 Å². The number of benzene rings is 3. The minimum absolute atomic E-state index is 0. The van der Waals surface area contributed by atoms with Gasteiger partial charge in [0.05, 0.1) is 14.2 Å². The Balaban J connectivity index is 0.00000306. The molecule has 1 saturated heterocycles. The summed E-state index contributed by atoms with van der Waals surface area (Å²) in [6.45, 7) is 5.04. The van der Waals surface area contributed by atoms with Crippen molar-refractivity contribution < 1.29 is 24.0 Å². The van der Waals surface area contributed by atoms with E-state index in [1.807, 2.05) is 0 Å². The predicted molar refractivity (Wildman–Crippen MR) is 148 cm³/mol.